The van der Waals surface area contributed by atoms with E-state index >= 15 is 0 Å². The Bertz CT molecular complexity index is 761. The van der Waals surface area contributed by atoms with Gasteiger partial charge in [0.25, 0.3) is 5.91 Å². The highest BCUT2D eigenvalue weighted by Gasteiger charge is 2.19. The van der Waals surface area contributed by atoms with Gasteiger partial charge in [0.2, 0.25) is 10.0 Å². The molecule has 0 aromatic heterocycles. The maximum atomic E-state index is 11.8. The molecule has 1 atom stereocenters. The number of urea groups is 1. The summed E-state index contributed by atoms with van der Waals surface area (Å²) in [6, 6.07) is 8.12. The zero-order valence-corrected chi connectivity index (χ0v) is 15.2. The van der Waals surface area contributed by atoms with Crippen LogP contribution < -0.4 is 15.4 Å². The van der Waals surface area contributed by atoms with Gasteiger partial charge < -0.3 is 10.1 Å². The number of rotatable bonds is 8. The second kappa shape index (κ2) is 10.3. The number of imide groups is 1. The molecule has 10 heteroatoms. The minimum Gasteiger partial charge on any atom is -0.452 e. The lowest BCUT2D eigenvalue weighted by Crippen LogP contribution is -2.43. The molecule has 1 rings (SSSR count). The molecule has 0 saturated heterocycles. The number of ether oxygens (including phenoxy) is 1. The topological polar surface area (TPSA) is 131 Å². The molecule has 0 bridgehead atoms. The quantitative estimate of drug-likeness (QED) is 0.556. The predicted octanol–water partition coefficient (Wildman–Crippen LogP) is 0.354. The van der Waals surface area contributed by atoms with Gasteiger partial charge in [0, 0.05) is 19.0 Å². The zero-order valence-electron chi connectivity index (χ0n) is 14.4. The van der Waals surface area contributed by atoms with Crippen LogP contribution in [-0.2, 0) is 24.3 Å². The number of hydrogen-bond acceptors (Lipinski definition) is 6. The van der Waals surface area contributed by atoms with Crippen molar-refractivity contribution in [2.75, 3.05) is 13.6 Å². The number of amides is 3. The average molecular weight is 383 g/mol. The van der Waals surface area contributed by atoms with Crippen LogP contribution in [0.1, 0.15) is 18.9 Å². The van der Waals surface area contributed by atoms with Crippen LogP contribution >= 0.6 is 0 Å². The lowest BCUT2D eigenvalue weighted by atomic mass is 10.2. The van der Waals surface area contributed by atoms with Crippen LogP contribution in [0.5, 0.6) is 0 Å². The third-order valence-electron chi connectivity index (χ3n) is 3.01. The molecule has 9 nitrogen and oxygen atoms in total. The molecule has 1 aromatic carbocycles. The first-order valence-corrected chi connectivity index (χ1v) is 9.23. The molecule has 142 valence electrons. The highest BCUT2D eigenvalue weighted by molar-refractivity contribution is 7.92. The molecule has 0 fully saturated rings. The monoisotopic (exact) mass is 383 g/mol. The molecule has 3 N–H and O–H groups in total. The second-order valence-electron chi connectivity index (χ2n) is 5.10. The van der Waals surface area contributed by atoms with Gasteiger partial charge in [-0.05, 0) is 18.6 Å². The standard InChI is InChI=1S/C16H21N3O6S/c1-12(15(21)19-16(22)17-2)25-14(20)8-10-18-26(23,24)11-9-13-6-4-3-5-7-13/h3-7,9,11-12,18H,8,10H2,1-2H3,(H2,17,19,21,22)/b11-9+/t12-/m0/s1. The lowest BCUT2D eigenvalue weighted by Gasteiger charge is -2.12. The van der Waals surface area contributed by atoms with Crippen molar-refractivity contribution in [3.8, 4) is 0 Å². The summed E-state index contributed by atoms with van der Waals surface area (Å²) in [5.74, 6) is -1.57. The fraction of sp³-hybridized carbons (Fsp3) is 0.312. The van der Waals surface area contributed by atoms with E-state index in [1.807, 2.05) is 11.4 Å². The van der Waals surface area contributed by atoms with E-state index in [0.29, 0.717) is 5.56 Å². The maximum Gasteiger partial charge on any atom is 0.321 e. The number of nitrogens with one attached hydrogen (secondary N) is 3. The lowest BCUT2D eigenvalue weighted by molar-refractivity contribution is -0.154. The van der Waals surface area contributed by atoms with Gasteiger partial charge >= 0.3 is 12.0 Å². The zero-order chi connectivity index (χ0) is 19.6. The Morgan fingerprint density at radius 3 is 2.46 bits per heavy atom. The van der Waals surface area contributed by atoms with Crippen molar-refractivity contribution in [2.24, 2.45) is 0 Å². The van der Waals surface area contributed by atoms with E-state index in [1.165, 1.54) is 20.0 Å². The molecule has 0 unspecified atom stereocenters. The molecule has 0 spiro atoms. The van der Waals surface area contributed by atoms with Crippen LogP contribution in [0.2, 0.25) is 0 Å². The number of hydrogen-bond donors (Lipinski definition) is 3. The van der Waals surface area contributed by atoms with E-state index in [-0.39, 0.29) is 13.0 Å². The minimum atomic E-state index is -3.71. The first kappa shape index (κ1) is 21.3. The van der Waals surface area contributed by atoms with E-state index in [9.17, 15) is 22.8 Å². The highest BCUT2D eigenvalue weighted by Crippen LogP contribution is 2.03. The molecule has 0 heterocycles. The fourth-order valence-electron chi connectivity index (χ4n) is 1.66. The van der Waals surface area contributed by atoms with Crippen molar-refractivity contribution in [3.05, 3.63) is 41.3 Å². The van der Waals surface area contributed by atoms with Crippen LogP contribution in [0.4, 0.5) is 4.79 Å². The third kappa shape index (κ3) is 8.40. The van der Waals surface area contributed by atoms with Crippen molar-refractivity contribution >= 4 is 34.0 Å². The molecule has 0 saturated carbocycles. The van der Waals surface area contributed by atoms with Gasteiger partial charge in [-0.15, -0.1) is 0 Å². The van der Waals surface area contributed by atoms with Gasteiger partial charge in [-0.2, -0.15) is 0 Å². The van der Waals surface area contributed by atoms with Gasteiger partial charge in [-0.1, -0.05) is 30.3 Å². The average Bonchev–Trinajstić information content (AvgIpc) is 2.60. The molecule has 0 aliphatic heterocycles. The van der Waals surface area contributed by atoms with Gasteiger partial charge in [0.05, 0.1) is 6.42 Å². The minimum absolute atomic E-state index is 0.190. The Kier molecular flexibility index (Phi) is 8.46. The molecule has 26 heavy (non-hydrogen) atoms. The summed E-state index contributed by atoms with van der Waals surface area (Å²) in [4.78, 5) is 34.1. The molecular weight excluding hydrogens is 362 g/mol. The maximum absolute atomic E-state index is 11.8. The van der Waals surface area contributed by atoms with Crippen molar-refractivity contribution in [1.29, 1.82) is 0 Å². The van der Waals surface area contributed by atoms with E-state index < -0.39 is 34.0 Å². The third-order valence-corrected chi connectivity index (χ3v) is 4.11. The van der Waals surface area contributed by atoms with Crippen LogP contribution in [0, 0.1) is 0 Å². The number of benzene rings is 1. The van der Waals surface area contributed by atoms with Crippen molar-refractivity contribution < 1.29 is 27.5 Å². The van der Waals surface area contributed by atoms with Gasteiger partial charge in [-0.3, -0.25) is 14.9 Å². The molecular formula is C16H21N3O6S. The fourth-order valence-corrected chi connectivity index (χ4v) is 2.48. The van der Waals surface area contributed by atoms with E-state index in [4.69, 9.17) is 4.74 Å². The van der Waals surface area contributed by atoms with Crippen LogP contribution in [-0.4, -0.2) is 46.0 Å². The summed E-state index contributed by atoms with van der Waals surface area (Å²) in [6.45, 7) is 1.10. The summed E-state index contributed by atoms with van der Waals surface area (Å²) in [6.07, 6.45) is -0.0311. The first-order chi connectivity index (χ1) is 12.2. The Morgan fingerprint density at radius 2 is 1.85 bits per heavy atom. The summed E-state index contributed by atoms with van der Waals surface area (Å²) < 4.78 is 30.7. The molecule has 0 aliphatic carbocycles. The van der Waals surface area contributed by atoms with Crippen molar-refractivity contribution in [1.82, 2.24) is 15.4 Å². The number of carbonyl (C=O) groups excluding carboxylic acids is 3. The Balaban J connectivity index is 2.39. The van der Waals surface area contributed by atoms with Gasteiger partial charge in [-0.25, -0.2) is 17.9 Å². The van der Waals surface area contributed by atoms with Crippen LogP contribution in [0.3, 0.4) is 0 Å². The molecule has 0 radical (unpaired) electrons. The summed E-state index contributed by atoms with van der Waals surface area (Å²) in [7, 11) is -2.38. The number of carbonyl (C=O) groups is 3. The SMILES string of the molecule is CNC(=O)NC(=O)[C@H](C)OC(=O)CCNS(=O)(=O)/C=C/c1ccccc1. The summed E-state index contributed by atoms with van der Waals surface area (Å²) in [5.41, 5.74) is 0.716. The first-order valence-electron chi connectivity index (χ1n) is 7.68. The number of sulfonamides is 1. The van der Waals surface area contributed by atoms with Gasteiger partial charge in [0.15, 0.2) is 6.10 Å². The summed E-state index contributed by atoms with van der Waals surface area (Å²) in [5, 5.41) is 5.14. The second-order valence-corrected chi connectivity index (χ2v) is 6.75. The summed E-state index contributed by atoms with van der Waals surface area (Å²) >= 11 is 0. The van der Waals surface area contributed by atoms with Crippen LogP contribution in [0.15, 0.2) is 35.7 Å². The van der Waals surface area contributed by atoms with E-state index in [1.54, 1.807) is 24.3 Å². The molecule has 1 aromatic rings. The van der Waals surface area contributed by atoms with E-state index in [0.717, 1.165) is 5.41 Å². The van der Waals surface area contributed by atoms with Gasteiger partial charge in [0.1, 0.15) is 0 Å². The largest absolute Gasteiger partial charge is 0.452 e. The Labute approximate surface area is 151 Å². The Hall–Kier alpha value is -2.72. The van der Waals surface area contributed by atoms with Crippen LogP contribution in [0.25, 0.3) is 6.08 Å². The predicted molar refractivity (Wildman–Crippen MR) is 95.2 cm³/mol. The number of esters is 1. The van der Waals surface area contributed by atoms with E-state index in [2.05, 4.69) is 10.0 Å². The van der Waals surface area contributed by atoms with Crippen molar-refractivity contribution in [2.45, 2.75) is 19.4 Å². The van der Waals surface area contributed by atoms with Crippen molar-refractivity contribution in [3.63, 3.8) is 0 Å². The normalized spacial score (nSPS) is 12.4. The Morgan fingerprint density at radius 1 is 1.19 bits per heavy atom. The molecule has 3 amide bonds. The smallest absolute Gasteiger partial charge is 0.321 e. The highest BCUT2D eigenvalue weighted by atomic mass is 32.2. The molecule has 0 aliphatic rings.